The molecule has 0 saturated carbocycles. The van der Waals surface area contributed by atoms with Gasteiger partial charge in [-0.2, -0.15) is 18.3 Å². The molecule has 0 atom stereocenters. The lowest BCUT2D eigenvalue weighted by Gasteiger charge is -2.48. The number of carbonyl (C=O) groups is 1. The Balaban J connectivity index is 1.27. The first-order valence-corrected chi connectivity index (χ1v) is 10.3. The fourth-order valence-corrected chi connectivity index (χ4v) is 4.56. The van der Waals surface area contributed by atoms with Gasteiger partial charge in [0.2, 0.25) is 0 Å². The van der Waals surface area contributed by atoms with Crippen LogP contribution in [0.3, 0.4) is 0 Å². The summed E-state index contributed by atoms with van der Waals surface area (Å²) in [5.74, 6) is 0.111. The van der Waals surface area contributed by atoms with E-state index in [1.807, 2.05) is 4.90 Å². The third-order valence-corrected chi connectivity index (χ3v) is 6.18. The Kier molecular flexibility index (Phi) is 4.98. The summed E-state index contributed by atoms with van der Waals surface area (Å²) in [5.41, 5.74) is -0.315. The highest BCUT2D eigenvalue weighted by Crippen LogP contribution is 2.41. The summed E-state index contributed by atoms with van der Waals surface area (Å²) in [4.78, 5) is 25.0. The maximum absolute atomic E-state index is 13.0. The van der Waals surface area contributed by atoms with Gasteiger partial charge in [-0.05, 0) is 24.6 Å². The number of aromatic nitrogens is 4. The lowest BCUT2D eigenvalue weighted by molar-refractivity contribution is -0.137. The van der Waals surface area contributed by atoms with E-state index in [1.54, 1.807) is 11.1 Å². The number of carbonyl (C=O) groups excluding carboxylic acids is 1. The van der Waals surface area contributed by atoms with Gasteiger partial charge < -0.3 is 9.80 Å². The van der Waals surface area contributed by atoms with Crippen LogP contribution in [-0.2, 0) is 12.7 Å². The Morgan fingerprint density at radius 3 is 2.67 bits per heavy atom. The highest BCUT2D eigenvalue weighted by molar-refractivity contribution is 5.95. The molecule has 1 spiro atoms. The van der Waals surface area contributed by atoms with Gasteiger partial charge in [-0.25, -0.2) is 23.4 Å². The van der Waals surface area contributed by atoms with Crippen LogP contribution >= 0.6 is 0 Å². The second kappa shape index (κ2) is 7.63. The first-order chi connectivity index (χ1) is 15.6. The van der Waals surface area contributed by atoms with Crippen LogP contribution in [0.1, 0.15) is 22.3 Å². The van der Waals surface area contributed by atoms with Crippen molar-refractivity contribution in [1.82, 2.24) is 24.6 Å². The summed E-state index contributed by atoms with van der Waals surface area (Å²) in [6.45, 7) is 1.52. The highest BCUT2D eigenvalue weighted by Gasteiger charge is 2.49. The van der Waals surface area contributed by atoms with E-state index in [-0.39, 0.29) is 16.6 Å². The Morgan fingerprint density at radius 2 is 1.94 bits per heavy atom. The van der Waals surface area contributed by atoms with Gasteiger partial charge in [0.25, 0.3) is 12.3 Å². The number of anilines is 1. The first kappa shape index (κ1) is 21.5. The molecule has 4 heterocycles. The van der Waals surface area contributed by atoms with Crippen molar-refractivity contribution >= 4 is 22.9 Å². The first-order valence-electron chi connectivity index (χ1n) is 10.3. The van der Waals surface area contributed by atoms with Crippen LogP contribution in [0.15, 0.2) is 36.7 Å². The van der Waals surface area contributed by atoms with Crippen molar-refractivity contribution < 1.29 is 26.7 Å². The zero-order valence-corrected chi connectivity index (χ0v) is 17.3. The SMILES string of the molecule is O=C(c1cccc(C(F)(F)F)c1)N1CC2(CCN(c3cnc4cnn(CC(F)F)c4n3)C2)C1. The monoisotopic (exact) mass is 466 g/mol. The minimum atomic E-state index is -4.51. The molecule has 0 unspecified atom stereocenters. The highest BCUT2D eigenvalue weighted by atomic mass is 19.4. The summed E-state index contributed by atoms with van der Waals surface area (Å²) in [5, 5.41) is 3.92. The van der Waals surface area contributed by atoms with Crippen LogP contribution in [0.25, 0.3) is 11.2 Å². The maximum atomic E-state index is 13.0. The largest absolute Gasteiger partial charge is 0.416 e. The number of likely N-dealkylation sites (tertiary alicyclic amines) is 1. The molecule has 2 aromatic heterocycles. The number of amides is 1. The smallest absolute Gasteiger partial charge is 0.355 e. The molecule has 2 aliphatic rings. The van der Waals surface area contributed by atoms with Gasteiger partial charge >= 0.3 is 6.18 Å². The molecule has 0 aliphatic carbocycles. The van der Waals surface area contributed by atoms with Gasteiger partial charge in [0.05, 0.1) is 18.0 Å². The van der Waals surface area contributed by atoms with Crippen molar-refractivity contribution in [3.05, 3.63) is 47.8 Å². The van der Waals surface area contributed by atoms with E-state index in [9.17, 15) is 26.7 Å². The molecule has 2 saturated heterocycles. The zero-order valence-electron chi connectivity index (χ0n) is 17.3. The zero-order chi connectivity index (χ0) is 23.4. The summed E-state index contributed by atoms with van der Waals surface area (Å²) < 4.78 is 65.5. The topological polar surface area (TPSA) is 67.2 Å². The van der Waals surface area contributed by atoms with Gasteiger partial charge in [-0.3, -0.25) is 4.79 Å². The predicted octanol–water partition coefficient (Wildman–Crippen LogP) is 3.46. The van der Waals surface area contributed by atoms with Crippen LogP contribution in [0, 0.1) is 5.41 Å². The number of halogens is 5. The number of rotatable bonds is 4. The molecular formula is C21H19F5N6O. The Labute approximate surface area is 184 Å². The van der Waals surface area contributed by atoms with Crippen LogP contribution in [0.2, 0.25) is 0 Å². The summed E-state index contributed by atoms with van der Waals surface area (Å²) >= 11 is 0. The molecule has 7 nitrogen and oxygen atoms in total. The normalized spacial score (nSPS) is 17.9. The van der Waals surface area contributed by atoms with Gasteiger partial charge in [-0.1, -0.05) is 6.07 Å². The molecule has 33 heavy (non-hydrogen) atoms. The molecule has 3 aromatic rings. The molecule has 0 N–H and O–H groups in total. The minimum absolute atomic E-state index is 0.0122. The van der Waals surface area contributed by atoms with Crippen molar-refractivity contribution in [1.29, 1.82) is 0 Å². The number of hydrogen-bond acceptors (Lipinski definition) is 5. The van der Waals surface area contributed by atoms with E-state index in [0.29, 0.717) is 37.5 Å². The fraction of sp³-hybridized carbons (Fsp3) is 0.429. The van der Waals surface area contributed by atoms with Crippen LogP contribution in [-0.4, -0.2) is 63.2 Å². The van der Waals surface area contributed by atoms with Crippen molar-refractivity contribution in [2.75, 3.05) is 31.1 Å². The average molecular weight is 466 g/mol. The second-order valence-electron chi connectivity index (χ2n) is 8.57. The van der Waals surface area contributed by atoms with Crippen molar-refractivity contribution in [3.63, 3.8) is 0 Å². The lowest BCUT2D eigenvalue weighted by atomic mass is 9.78. The van der Waals surface area contributed by atoms with E-state index in [1.165, 1.54) is 18.3 Å². The summed E-state index contributed by atoms with van der Waals surface area (Å²) in [6, 6.07) is 4.43. The van der Waals surface area contributed by atoms with E-state index in [2.05, 4.69) is 15.1 Å². The Morgan fingerprint density at radius 1 is 1.15 bits per heavy atom. The van der Waals surface area contributed by atoms with Crippen LogP contribution < -0.4 is 4.90 Å². The maximum Gasteiger partial charge on any atom is 0.416 e. The number of benzene rings is 1. The summed E-state index contributed by atoms with van der Waals surface area (Å²) in [7, 11) is 0. The standard InChI is InChI=1S/C21H19F5N6O/c22-16(23)9-32-18-15(7-28-32)27-8-17(29-18)30-5-4-20(10-30)11-31(12-20)19(33)13-2-1-3-14(6-13)21(24,25)26/h1-3,6-8,16H,4-5,9-12H2. The molecule has 174 valence electrons. The molecule has 1 amide bonds. The van der Waals surface area contributed by atoms with Gasteiger partial charge in [0.15, 0.2) is 5.65 Å². The molecule has 2 aliphatic heterocycles. The van der Waals surface area contributed by atoms with Gasteiger partial charge in [0, 0.05) is 37.2 Å². The number of fused-ring (bicyclic) bond motifs is 1. The Hall–Kier alpha value is -3.31. The van der Waals surface area contributed by atoms with Gasteiger partial charge in [-0.15, -0.1) is 0 Å². The average Bonchev–Trinajstić information content (AvgIpc) is 3.36. The molecule has 2 fully saturated rings. The number of alkyl halides is 5. The van der Waals surface area contributed by atoms with Crippen molar-refractivity contribution in [2.45, 2.75) is 25.6 Å². The molecule has 0 bridgehead atoms. The minimum Gasteiger partial charge on any atom is -0.355 e. The Bertz CT molecular complexity index is 1200. The molecule has 5 rings (SSSR count). The summed E-state index contributed by atoms with van der Waals surface area (Å²) in [6.07, 6.45) is -3.34. The van der Waals surface area contributed by atoms with E-state index in [0.717, 1.165) is 23.2 Å². The fourth-order valence-electron chi connectivity index (χ4n) is 4.56. The van der Waals surface area contributed by atoms with E-state index >= 15 is 0 Å². The van der Waals surface area contributed by atoms with E-state index in [4.69, 9.17) is 0 Å². The third kappa shape index (κ3) is 3.98. The number of nitrogens with zero attached hydrogens (tertiary/aromatic N) is 6. The molecule has 1 aromatic carbocycles. The predicted molar refractivity (Wildman–Crippen MR) is 108 cm³/mol. The number of hydrogen-bond donors (Lipinski definition) is 0. The third-order valence-electron chi connectivity index (χ3n) is 6.18. The lowest BCUT2D eigenvalue weighted by Crippen LogP contribution is -2.59. The second-order valence-corrected chi connectivity index (χ2v) is 8.57. The van der Waals surface area contributed by atoms with Crippen molar-refractivity contribution in [2.24, 2.45) is 5.41 Å². The quantitative estimate of drug-likeness (QED) is 0.551. The van der Waals surface area contributed by atoms with Crippen LogP contribution in [0.5, 0.6) is 0 Å². The van der Waals surface area contributed by atoms with Gasteiger partial charge in [0.1, 0.15) is 17.9 Å². The van der Waals surface area contributed by atoms with Crippen LogP contribution in [0.4, 0.5) is 27.8 Å². The van der Waals surface area contributed by atoms with E-state index < -0.39 is 30.6 Å². The molecule has 12 heteroatoms. The molecule has 0 radical (unpaired) electrons. The molecular weight excluding hydrogens is 447 g/mol. The van der Waals surface area contributed by atoms with Crippen molar-refractivity contribution in [3.8, 4) is 0 Å².